The molecular weight excluding hydrogens is 298 g/mol. The van der Waals surface area contributed by atoms with E-state index in [0.29, 0.717) is 0 Å². The van der Waals surface area contributed by atoms with Gasteiger partial charge in [0.1, 0.15) is 0 Å². The molecule has 1 aromatic rings. The number of hydrogen-bond acceptors (Lipinski definition) is 3. The van der Waals surface area contributed by atoms with Gasteiger partial charge in [0.2, 0.25) is 0 Å². The Hall–Kier alpha value is 0.1000. The molecule has 2 nitrogen and oxygen atoms in total. The minimum absolute atomic E-state index is 0.736. The zero-order chi connectivity index (χ0) is 12.5. The first-order valence-corrected chi connectivity index (χ1v) is 7.82. The Morgan fingerprint density at radius 2 is 2.12 bits per heavy atom. The summed E-state index contributed by atoms with van der Waals surface area (Å²) in [6.45, 7) is 8.13. The molecule has 1 rings (SSSR count). The van der Waals surface area contributed by atoms with Gasteiger partial charge in [-0.15, -0.1) is 11.3 Å². The van der Waals surface area contributed by atoms with Crippen LogP contribution in [0, 0.1) is 5.92 Å². The first-order chi connectivity index (χ1) is 8.18. The standard InChI is InChI=1S/C13H22BrNOS/c1-11(2)6-9-16-10-8-15-7-5-12-3-4-13(14)17-12/h3-4,11,15H,5-10H2,1-2H3. The normalized spacial score (nSPS) is 11.3. The van der Waals surface area contributed by atoms with Gasteiger partial charge in [0.25, 0.3) is 0 Å². The Labute approximate surface area is 117 Å². The van der Waals surface area contributed by atoms with E-state index in [1.54, 1.807) is 0 Å². The van der Waals surface area contributed by atoms with Crippen molar-refractivity contribution in [3.8, 4) is 0 Å². The third-order valence-corrected chi connectivity index (χ3v) is 4.12. The van der Waals surface area contributed by atoms with Gasteiger partial charge in [-0.2, -0.15) is 0 Å². The van der Waals surface area contributed by atoms with Crippen LogP contribution in [-0.4, -0.2) is 26.3 Å². The lowest BCUT2D eigenvalue weighted by molar-refractivity contribution is 0.125. The SMILES string of the molecule is CC(C)CCOCCNCCc1ccc(Br)s1. The molecule has 17 heavy (non-hydrogen) atoms. The summed E-state index contributed by atoms with van der Waals surface area (Å²) >= 11 is 5.28. The molecule has 0 amide bonds. The zero-order valence-corrected chi connectivity index (χ0v) is 13.1. The summed E-state index contributed by atoms with van der Waals surface area (Å²) in [5.74, 6) is 0.736. The molecule has 0 fully saturated rings. The van der Waals surface area contributed by atoms with Crippen molar-refractivity contribution in [1.82, 2.24) is 5.32 Å². The van der Waals surface area contributed by atoms with Crippen molar-refractivity contribution in [3.63, 3.8) is 0 Å². The maximum atomic E-state index is 5.53. The van der Waals surface area contributed by atoms with E-state index >= 15 is 0 Å². The fraction of sp³-hybridized carbons (Fsp3) is 0.692. The lowest BCUT2D eigenvalue weighted by Gasteiger charge is -2.07. The van der Waals surface area contributed by atoms with E-state index in [1.165, 1.54) is 8.66 Å². The van der Waals surface area contributed by atoms with Crippen LogP contribution in [0.4, 0.5) is 0 Å². The molecule has 0 spiro atoms. The average Bonchev–Trinajstić information content (AvgIpc) is 2.68. The highest BCUT2D eigenvalue weighted by Crippen LogP contribution is 2.21. The molecule has 0 saturated carbocycles. The minimum atomic E-state index is 0.736. The topological polar surface area (TPSA) is 21.3 Å². The van der Waals surface area contributed by atoms with Gasteiger partial charge < -0.3 is 10.1 Å². The average molecular weight is 320 g/mol. The molecule has 98 valence electrons. The van der Waals surface area contributed by atoms with Crippen LogP contribution in [0.3, 0.4) is 0 Å². The van der Waals surface area contributed by atoms with Crippen molar-refractivity contribution in [3.05, 3.63) is 20.8 Å². The number of halogens is 1. The molecule has 1 aromatic heterocycles. The van der Waals surface area contributed by atoms with Crippen molar-refractivity contribution in [2.75, 3.05) is 26.3 Å². The molecule has 0 aromatic carbocycles. The summed E-state index contributed by atoms with van der Waals surface area (Å²) in [6.07, 6.45) is 2.26. The molecule has 0 bridgehead atoms. The van der Waals surface area contributed by atoms with Crippen LogP contribution < -0.4 is 5.32 Å². The highest BCUT2D eigenvalue weighted by molar-refractivity contribution is 9.11. The zero-order valence-electron chi connectivity index (χ0n) is 10.7. The van der Waals surface area contributed by atoms with Gasteiger partial charge in [-0.3, -0.25) is 0 Å². The van der Waals surface area contributed by atoms with Crippen LogP contribution in [0.1, 0.15) is 25.1 Å². The largest absolute Gasteiger partial charge is 0.380 e. The van der Waals surface area contributed by atoms with Crippen molar-refractivity contribution < 1.29 is 4.74 Å². The predicted molar refractivity (Wildman–Crippen MR) is 78.9 cm³/mol. The maximum Gasteiger partial charge on any atom is 0.0701 e. The second kappa shape index (κ2) is 9.09. The Bertz CT molecular complexity index is 301. The van der Waals surface area contributed by atoms with Crippen LogP contribution in [0.15, 0.2) is 15.9 Å². The molecule has 1 N–H and O–H groups in total. The van der Waals surface area contributed by atoms with Gasteiger partial charge in [0.05, 0.1) is 10.4 Å². The summed E-state index contributed by atoms with van der Waals surface area (Å²) in [7, 11) is 0. The van der Waals surface area contributed by atoms with Crippen molar-refractivity contribution >= 4 is 27.3 Å². The molecule has 1 heterocycles. The summed E-state index contributed by atoms with van der Waals surface area (Å²) in [6, 6.07) is 4.28. The number of ether oxygens (including phenoxy) is 1. The smallest absolute Gasteiger partial charge is 0.0701 e. The summed E-state index contributed by atoms with van der Waals surface area (Å²) < 4.78 is 6.75. The van der Waals surface area contributed by atoms with Crippen molar-refractivity contribution in [1.29, 1.82) is 0 Å². The van der Waals surface area contributed by atoms with Crippen LogP contribution in [0.5, 0.6) is 0 Å². The third-order valence-electron chi connectivity index (χ3n) is 2.44. The number of rotatable bonds is 9. The van der Waals surface area contributed by atoms with E-state index in [2.05, 4.69) is 47.2 Å². The van der Waals surface area contributed by atoms with Crippen LogP contribution >= 0.6 is 27.3 Å². The summed E-state index contributed by atoms with van der Waals surface area (Å²) in [4.78, 5) is 1.42. The second-order valence-corrected chi connectivity index (χ2v) is 7.05. The predicted octanol–water partition coefficient (Wildman–Crippen LogP) is 3.71. The van der Waals surface area contributed by atoms with Gasteiger partial charge in [-0.05, 0) is 46.8 Å². The van der Waals surface area contributed by atoms with E-state index in [0.717, 1.165) is 45.1 Å². The van der Waals surface area contributed by atoms with E-state index in [9.17, 15) is 0 Å². The molecule has 0 atom stereocenters. The molecule has 0 unspecified atom stereocenters. The number of nitrogens with one attached hydrogen (secondary N) is 1. The quantitative estimate of drug-likeness (QED) is 0.701. The fourth-order valence-electron chi connectivity index (χ4n) is 1.39. The Morgan fingerprint density at radius 3 is 2.76 bits per heavy atom. The van der Waals surface area contributed by atoms with Gasteiger partial charge >= 0.3 is 0 Å². The second-order valence-electron chi connectivity index (χ2n) is 4.50. The van der Waals surface area contributed by atoms with Crippen LogP contribution in [-0.2, 0) is 11.2 Å². The summed E-state index contributed by atoms with van der Waals surface area (Å²) in [5, 5.41) is 3.40. The molecule has 4 heteroatoms. The molecular formula is C13H22BrNOS. The van der Waals surface area contributed by atoms with E-state index in [-0.39, 0.29) is 0 Å². The van der Waals surface area contributed by atoms with Crippen molar-refractivity contribution in [2.24, 2.45) is 5.92 Å². The van der Waals surface area contributed by atoms with E-state index < -0.39 is 0 Å². The van der Waals surface area contributed by atoms with Gasteiger partial charge in [0, 0.05) is 24.6 Å². The van der Waals surface area contributed by atoms with Crippen LogP contribution in [0.25, 0.3) is 0 Å². The molecule has 0 aliphatic carbocycles. The van der Waals surface area contributed by atoms with Gasteiger partial charge in [-0.25, -0.2) is 0 Å². The molecule has 0 saturated heterocycles. The Kier molecular flexibility index (Phi) is 8.10. The first kappa shape index (κ1) is 15.2. The van der Waals surface area contributed by atoms with Crippen molar-refractivity contribution in [2.45, 2.75) is 26.7 Å². The fourth-order valence-corrected chi connectivity index (χ4v) is 2.87. The molecule has 0 radical (unpaired) electrons. The van der Waals surface area contributed by atoms with E-state index in [4.69, 9.17) is 4.74 Å². The lowest BCUT2D eigenvalue weighted by Crippen LogP contribution is -2.22. The molecule has 0 aliphatic heterocycles. The third kappa shape index (κ3) is 7.92. The summed E-state index contributed by atoms with van der Waals surface area (Å²) in [5.41, 5.74) is 0. The Balaban J connectivity index is 1.88. The number of hydrogen-bond donors (Lipinski definition) is 1. The molecule has 0 aliphatic rings. The highest BCUT2D eigenvalue weighted by atomic mass is 79.9. The highest BCUT2D eigenvalue weighted by Gasteiger charge is 1.97. The lowest BCUT2D eigenvalue weighted by atomic mass is 10.1. The Morgan fingerprint density at radius 1 is 1.29 bits per heavy atom. The van der Waals surface area contributed by atoms with Gasteiger partial charge in [-0.1, -0.05) is 13.8 Å². The monoisotopic (exact) mass is 319 g/mol. The van der Waals surface area contributed by atoms with Crippen LogP contribution in [0.2, 0.25) is 0 Å². The maximum absolute atomic E-state index is 5.53. The first-order valence-electron chi connectivity index (χ1n) is 6.21. The van der Waals surface area contributed by atoms with E-state index in [1.807, 2.05) is 11.3 Å². The minimum Gasteiger partial charge on any atom is -0.380 e. The number of thiophene rings is 1. The van der Waals surface area contributed by atoms with Gasteiger partial charge in [0.15, 0.2) is 0 Å².